The first-order valence-electron chi connectivity index (χ1n) is 2.72. The maximum atomic E-state index is 9.94. The molecule has 0 aromatic heterocycles. The molecule has 4 heteroatoms. The van der Waals surface area contributed by atoms with Crippen LogP contribution in [-0.2, 0) is 4.79 Å². The van der Waals surface area contributed by atoms with Gasteiger partial charge in [0.05, 0.1) is 12.5 Å². The Kier molecular flexibility index (Phi) is 3.73. The quantitative estimate of drug-likeness (QED) is 0.549. The Morgan fingerprint density at radius 2 is 2.30 bits per heavy atom. The second-order valence-corrected chi connectivity index (χ2v) is 1.74. The fraction of sp³-hybridized carbons (Fsp3) is 0.333. The summed E-state index contributed by atoms with van der Waals surface area (Å²) in [6.07, 6.45) is 1.36. The molecule has 0 saturated heterocycles. The number of aliphatic carboxylic acids is 1. The molecule has 0 saturated carbocycles. The van der Waals surface area contributed by atoms with Crippen LogP contribution in [0.3, 0.4) is 0 Å². The van der Waals surface area contributed by atoms with Crippen LogP contribution in [0.4, 0.5) is 0 Å². The Morgan fingerprint density at radius 1 is 1.70 bits per heavy atom. The fourth-order valence-corrected chi connectivity index (χ4v) is 0.406. The van der Waals surface area contributed by atoms with Crippen LogP contribution in [0, 0.1) is 11.3 Å². The van der Waals surface area contributed by atoms with Crippen molar-refractivity contribution in [3.05, 3.63) is 11.8 Å². The van der Waals surface area contributed by atoms with Crippen molar-refractivity contribution < 1.29 is 9.90 Å². The summed E-state index contributed by atoms with van der Waals surface area (Å²) in [6.45, 7) is 0. The molecule has 0 fully saturated rings. The third-order valence-corrected chi connectivity index (χ3v) is 0.877. The minimum absolute atomic E-state index is 0.0238. The van der Waals surface area contributed by atoms with Crippen molar-refractivity contribution in [1.29, 1.82) is 5.26 Å². The molecule has 10 heavy (non-hydrogen) atoms. The molecule has 0 aliphatic carbocycles. The van der Waals surface area contributed by atoms with Gasteiger partial charge < -0.3 is 10.8 Å². The van der Waals surface area contributed by atoms with Crippen molar-refractivity contribution in [2.45, 2.75) is 12.8 Å². The second kappa shape index (κ2) is 4.39. The van der Waals surface area contributed by atoms with Gasteiger partial charge in [-0.2, -0.15) is 5.26 Å². The van der Waals surface area contributed by atoms with Gasteiger partial charge in [-0.05, 0) is 6.42 Å². The number of nitriles is 1. The fourth-order valence-electron chi connectivity index (χ4n) is 0.406. The van der Waals surface area contributed by atoms with E-state index >= 15 is 0 Å². The molecule has 0 bridgehead atoms. The molecule has 0 aromatic carbocycles. The number of carboxylic acids is 1. The highest BCUT2D eigenvalue weighted by Gasteiger charge is 1.96. The third-order valence-electron chi connectivity index (χ3n) is 0.877. The van der Waals surface area contributed by atoms with E-state index in [1.165, 1.54) is 0 Å². The Bertz CT molecular complexity index is 190. The molecule has 0 aliphatic heterocycles. The van der Waals surface area contributed by atoms with Crippen LogP contribution in [-0.4, -0.2) is 11.1 Å². The van der Waals surface area contributed by atoms with Gasteiger partial charge in [-0.1, -0.05) is 0 Å². The van der Waals surface area contributed by atoms with Gasteiger partial charge in [-0.3, -0.25) is 4.79 Å². The van der Waals surface area contributed by atoms with Crippen LogP contribution in [0.5, 0.6) is 0 Å². The van der Waals surface area contributed by atoms with Crippen molar-refractivity contribution in [2.24, 2.45) is 5.73 Å². The zero-order valence-electron chi connectivity index (χ0n) is 5.37. The Labute approximate surface area is 58.6 Å². The number of hydrogen-bond donors (Lipinski definition) is 2. The number of nitrogens with zero attached hydrogens (tertiary/aromatic N) is 1. The standard InChI is InChI=1S/C6H8N2O2/c7-4-3-5(8)1-2-6(9)10/h3H,1-2,8H2,(H,9,10). The van der Waals surface area contributed by atoms with Crippen LogP contribution in [0.1, 0.15) is 12.8 Å². The van der Waals surface area contributed by atoms with Gasteiger partial charge in [-0.15, -0.1) is 0 Å². The highest BCUT2D eigenvalue weighted by atomic mass is 16.4. The molecule has 0 amide bonds. The lowest BCUT2D eigenvalue weighted by Gasteiger charge is -1.93. The lowest BCUT2D eigenvalue weighted by atomic mass is 10.2. The monoisotopic (exact) mass is 140 g/mol. The van der Waals surface area contributed by atoms with E-state index in [2.05, 4.69) is 0 Å². The Hall–Kier alpha value is -1.50. The molecule has 0 aliphatic rings. The van der Waals surface area contributed by atoms with Gasteiger partial charge in [0.2, 0.25) is 0 Å². The van der Waals surface area contributed by atoms with Gasteiger partial charge in [0.25, 0.3) is 0 Å². The smallest absolute Gasteiger partial charge is 0.303 e. The van der Waals surface area contributed by atoms with E-state index in [4.69, 9.17) is 16.1 Å². The summed E-state index contributed by atoms with van der Waals surface area (Å²) in [7, 11) is 0. The summed E-state index contributed by atoms with van der Waals surface area (Å²) in [5.41, 5.74) is 5.52. The minimum Gasteiger partial charge on any atom is -0.481 e. The minimum atomic E-state index is -0.908. The van der Waals surface area contributed by atoms with Crippen LogP contribution < -0.4 is 5.73 Å². The van der Waals surface area contributed by atoms with Crippen molar-refractivity contribution >= 4 is 5.97 Å². The van der Waals surface area contributed by atoms with Crippen molar-refractivity contribution in [1.82, 2.24) is 0 Å². The first kappa shape index (κ1) is 8.50. The molecular formula is C6H8N2O2. The normalized spacial score (nSPS) is 10.5. The number of rotatable bonds is 3. The topological polar surface area (TPSA) is 87.1 Å². The Balaban J connectivity index is 3.62. The van der Waals surface area contributed by atoms with Crippen molar-refractivity contribution in [3.8, 4) is 6.07 Å². The predicted octanol–water partition coefficient (Wildman–Crippen LogP) is 0.217. The van der Waals surface area contributed by atoms with E-state index in [0.29, 0.717) is 5.70 Å². The molecule has 0 aromatic rings. The SMILES string of the molecule is N#CC=C(N)CCC(=O)O. The summed E-state index contributed by atoms with van der Waals surface area (Å²) in [5.74, 6) is -0.908. The lowest BCUT2D eigenvalue weighted by molar-refractivity contribution is -0.136. The summed E-state index contributed by atoms with van der Waals surface area (Å²) < 4.78 is 0. The van der Waals surface area contributed by atoms with Crippen LogP contribution >= 0.6 is 0 Å². The van der Waals surface area contributed by atoms with E-state index < -0.39 is 5.97 Å². The second-order valence-electron chi connectivity index (χ2n) is 1.74. The zero-order chi connectivity index (χ0) is 7.98. The van der Waals surface area contributed by atoms with E-state index in [-0.39, 0.29) is 12.8 Å². The number of allylic oxidation sites excluding steroid dienone is 2. The molecule has 3 N–H and O–H groups in total. The summed E-state index contributed by atoms with van der Waals surface area (Å²) >= 11 is 0. The summed E-state index contributed by atoms with van der Waals surface area (Å²) in [5, 5.41) is 16.2. The van der Waals surface area contributed by atoms with Gasteiger partial charge in [0.15, 0.2) is 0 Å². The number of carbonyl (C=O) groups is 1. The summed E-state index contributed by atoms with van der Waals surface area (Å²) in [4.78, 5) is 9.94. The molecule has 0 radical (unpaired) electrons. The van der Waals surface area contributed by atoms with Gasteiger partial charge in [0.1, 0.15) is 0 Å². The predicted molar refractivity (Wildman–Crippen MR) is 34.8 cm³/mol. The highest BCUT2D eigenvalue weighted by Crippen LogP contribution is 1.96. The van der Waals surface area contributed by atoms with Crippen LogP contribution in [0.15, 0.2) is 11.8 Å². The van der Waals surface area contributed by atoms with E-state index in [1.54, 1.807) is 6.07 Å². The van der Waals surface area contributed by atoms with Crippen LogP contribution in [0.25, 0.3) is 0 Å². The van der Waals surface area contributed by atoms with E-state index in [1.807, 2.05) is 0 Å². The number of hydrogen-bond acceptors (Lipinski definition) is 3. The number of nitrogens with two attached hydrogens (primary N) is 1. The van der Waals surface area contributed by atoms with Gasteiger partial charge >= 0.3 is 5.97 Å². The van der Waals surface area contributed by atoms with E-state index in [0.717, 1.165) is 6.08 Å². The average Bonchev–Trinajstić information content (AvgIpc) is 1.85. The van der Waals surface area contributed by atoms with Gasteiger partial charge in [0, 0.05) is 11.8 Å². The first-order valence-corrected chi connectivity index (χ1v) is 2.72. The molecule has 4 nitrogen and oxygen atoms in total. The van der Waals surface area contributed by atoms with E-state index in [9.17, 15) is 4.79 Å². The van der Waals surface area contributed by atoms with Gasteiger partial charge in [-0.25, -0.2) is 0 Å². The molecule has 0 spiro atoms. The van der Waals surface area contributed by atoms with Crippen LogP contribution in [0.2, 0.25) is 0 Å². The molecule has 0 atom stereocenters. The average molecular weight is 140 g/mol. The number of carboxylic acid groups (broad SMARTS) is 1. The maximum Gasteiger partial charge on any atom is 0.303 e. The molecule has 0 unspecified atom stereocenters. The first-order chi connectivity index (χ1) is 4.66. The Morgan fingerprint density at radius 3 is 2.70 bits per heavy atom. The van der Waals surface area contributed by atoms with Crippen molar-refractivity contribution in [2.75, 3.05) is 0 Å². The maximum absolute atomic E-state index is 9.94. The highest BCUT2D eigenvalue weighted by molar-refractivity contribution is 5.67. The molecule has 0 rings (SSSR count). The third kappa shape index (κ3) is 4.65. The largest absolute Gasteiger partial charge is 0.481 e. The van der Waals surface area contributed by atoms with Crippen molar-refractivity contribution in [3.63, 3.8) is 0 Å². The molecule has 0 heterocycles. The molecular weight excluding hydrogens is 132 g/mol. The molecule has 54 valence electrons. The summed E-state index contributed by atoms with van der Waals surface area (Å²) in [6, 6.07) is 1.71. The zero-order valence-corrected chi connectivity index (χ0v) is 5.37. The lowest BCUT2D eigenvalue weighted by Crippen LogP contribution is -2.01.